The maximum atomic E-state index is 4.02. The summed E-state index contributed by atoms with van der Waals surface area (Å²) in [7, 11) is 4.00. The van der Waals surface area contributed by atoms with Gasteiger partial charge in [0.1, 0.15) is 0 Å². The Balaban J connectivity index is 4.17. The highest BCUT2D eigenvalue weighted by Gasteiger charge is 1.98. The van der Waals surface area contributed by atoms with Gasteiger partial charge in [-0.3, -0.25) is 0 Å². The van der Waals surface area contributed by atoms with Crippen LogP contribution >= 0.6 is 0 Å². The summed E-state index contributed by atoms with van der Waals surface area (Å²) in [6.07, 6.45) is 4.97. The maximum Gasteiger partial charge on any atom is 0.0299 e. The zero-order valence-corrected chi connectivity index (χ0v) is 9.64. The molecule has 0 amide bonds. The van der Waals surface area contributed by atoms with Gasteiger partial charge in [0, 0.05) is 25.8 Å². The molecule has 0 aliphatic rings. The number of nitrogens with one attached hydrogen (secondary N) is 1. The largest absolute Gasteiger partial charge is 0.374 e. The van der Waals surface area contributed by atoms with Gasteiger partial charge >= 0.3 is 0 Å². The van der Waals surface area contributed by atoms with Crippen LogP contribution in [0.15, 0.2) is 36.6 Å². The third kappa shape index (κ3) is 4.87. The highest BCUT2D eigenvalue weighted by Crippen LogP contribution is 2.08. The van der Waals surface area contributed by atoms with Crippen LogP contribution in [0.1, 0.15) is 13.3 Å². The minimum atomic E-state index is 0.971. The van der Waals surface area contributed by atoms with Crippen molar-refractivity contribution in [2.75, 3.05) is 27.2 Å². The topological polar surface area (TPSA) is 15.3 Å². The first-order chi connectivity index (χ1) is 6.65. The number of allylic oxidation sites excluding steroid dienone is 3. The molecule has 0 aromatic heterocycles. The van der Waals surface area contributed by atoms with E-state index in [0.717, 1.165) is 25.2 Å². The summed E-state index contributed by atoms with van der Waals surface area (Å²) in [5.74, 6) is 0. The van der Waals surface area contributed by atoms with E-state index in [1.54, 1.807) is 0 Å². The molecule has 0 aromatic carbocycles. The lowest BCUT2D eigenvalue weighted by molar-refractivity contribution is 0.428. The van der Waals surface area contributed by atoms with Crippen LogP contribution in [0.2, 0.25) is 0 Å². The molecule has 0 atom stereocenters. The zero-order chi connectivity index (χ0) is 11.0. The van der Waals surface area contributed by atoms with Crippen LogP contribution in [-0.4, -0.2) is 32.1 Å². The van der Waals surface area contributed by atoms with E-state index in [4.69, 9.17) is 0 Å². The third-order valence-electron chi connectivity index (χ3n) is 2.21. The van der Waals surface area contributed by atoms with Crippen LogP contribution in [0.4, 0.5) is 0 Å². The van der Waals surface area contributed by atoms with E-state index in [0.29, 0.717) is 0 Å². The summed E-state index contributed by atoms with van der Waals surface area (Å²) >= 11 is 0. The summed E-state index contributed by atoms with van der Waals surface area (Å²) in [5, 5.41) is 3.11. The van der Waals surface area contributed by atoms with E-state index in [-0.39, 0.29) is 0 Å². The fourth-order valence-electron chi connectivity index (χ4n) is 1.05. The highest BCUT2D eigenvalue weighted by atomic mass is 15.1. The quantitative estimate of drug-likeness (QED) is 0.625. The second-order valence-corrected chi connectivity index (χ2v) is 3.29. The summed E-state index contributed by atoms with van der Waals surface area (Å²) in [5.41, 5.74) is 2.27. The lowest BCUT2D eigenvalue weighted by Gasteiger charge is -2.19. The smallest absolute Gasteiger partial charge is 0.0299 e. The number of hydrogen-bond donors (Lipinski definition) is 1. The Hall–Kier alpha value is -1.02. The molecule has 80 valence electrons. The van der Waals surface area contributed by atoms with E-state index >= 15 is 0 Å². The van der Waals surface area contributed by atoms with Crippen molar-refractivity contribution < 1.29 is 0 Å². The van der Waals surface area contributed by atoms with Crippen LogP contribution in [0.3, 0.4) is 0 Å². The molecule has 0 spiro atoms. The molecule has 0 aliphatic carbocycles. The highest BCUT2D eigenvalue weighted by molar-refractivity contribution is 5.26. The Bertz CT molecular complexity index is 216. The number of rotatable bonds is 7. The van der Waals surface area contributed by atoms with Crippen LogP contribution in [0.25, 0.3) is 0 Å². The summed E-state index contributed by atoms with van der Waals surface area (Å²) in [4.78, 5) is 2.13. The molecular formula is C12H22N2. The first kappa shape index (κ1) is 13.0. The lowest BCUT2D eigenvalue weighted by Crippen LogP contribution is -2.26. The van der Waals surface area contributed by atoms with Gasteiger partial charge in [-0.15, -0.1) is 0 Å². The molecule has 0 unspecified atom stereocenters. The molecule has 0 radical (unpaired) electrons. The Kier molecular flexibility index (Phi) is 6.85. The standard InChI is InChI=1S/C12H22N2/c1-6-12(7-2)10-11(3)14(5)9-8-13-4/h6,10,13H,1,3,7-9H2,2,4-5H3/b12-10+. The second kappa shape index (κ2) is 7.39. The van der Waals surface area contributed by atoms with Gasteiger partial charge < -0.3 is 10.2 Å². The number of hydrogen-bond acceptors (Lipinski definition) is 2. The molecular weight excluding hydrogens is 172 g/mol. The van der Waals surface area contributed by atoms with Gasteiger partial charge in [0.2, 0.25) is 0 Å². The van der Waals surface area contributed by atoms with E-state index in [9.17, 15) is 0 Å². The minimum Gasteiger partial charge on any atom is -0.374 e. The summed E-state index contributed by atoms with van der Waals surface area (Å²) < 4.78 is 0. The van der Waals surface area contributed by atoms with Gasteiger partial charge in [-0.25, -0.2) is 0 Å². The molecule has 0 saturated carbocycles. The van der Waals surface area contributed by atoms with E-state index in [2.05, 4.69) is 36.4 Å². The SMILES string of the molecule is C=C/C(=C\C(=C)N(C)CCNC)CC. The lowest BCUT2D eigenvalue weighted by atomic mass is 10.1. The second-order valence-electron chi connectivity index (χ2n) is 3.29. The van der Waals surface area contributed by atoms with Crippen molar-refractivity contribution in [2.45, 2.75) is 13.3 Å². The first-order valence-corrected chi connectivity index (χ1v) is 5.03. The predicted octanol–water partition coefficient (Wildman–Crippen LogP) is 2.17. The fraction of sp³-hybridized carbons (Fsp3) is 0.500. The van der Waals surface area contributed by atoms with E-state index in [1.165, 1.54) is 5.57 Å². The maximum absolute atomic E-state index is 4.02. The molecule has 0 fully saturated rings. The molecule has 0 saturated heterocycles. The van der Waals surface area contributed by atoms with Crippen molar-refractivity contribution in [2.24, 2.45) is 0 Å². The minimum absolute atomic E-state index is 0.971. The molecule has 0 rings (SSSR count). The number of likely N-dealkylation sites (N-methyl/N-ethyl adjacent to an activating group) is 2. The zero-order valence-electron chi connectivity index (χ0n) is 9.64. The van der Waals surface area contributed by atoms with E-state index in [1.807, 2.05) is 20.2 Å². The van der Waals surface area contributed by atoms with Crippen molar-refractivity contribution in [3.8, 4) is 0 Å². The van der Waals surface area contributed by atoms with Gasteiger partial charge in [0.15, 0.2) is 0 Å². The van der Waals surface area contributed by atoms with Gasteiger partial charge in [-0.05, 0) is 25.1 Å². The monoisotopic (exact) mass is 194 g/mol. The van der Waals surface area contributed by atoms with Crippen molar-refractivity contribution in [3.63, 3.8) is 0 Å². The van der Waals surface area contributed by atoms with Crippen molar-refractivity contribution >= 4 is 0 Å². The summed E-state index contributed by atoms with van der Waals surface area (Å²) in [6.45, 7) is 11.8. The molecule has 0 aliphatic heterocycles. The fourth-order valence-corrected chi connectivity index (χ4v) is 1.05. The molecule has 1 N–H and O–H groups in total. The first-order valence-electron chi connectivity index (χ1n) is 5.03. The molecule has 14 heavy (non-hydrogen) atoms. The Morgan fingerprint density at radius 3 is 2.57 bits per heavy atom. The summed E-state index contributed by atoms with van der Waals surface area (Å²) in [6, 6.07) is 0. The van der Waals surface area contributed by atoms with Crippen LogP contribution in [0, 0.1) is 0 Å². The Labute approximate surface area is 88.0 Å². The van der Waals surface area contributed by atoms with Crippen LogP contribution in [-0.2, 0) is 0 Å². The van der Waals surface area contributed by atoms with E-state index < -0.39 is 0 Å². The molecule has 0 aromatic rings. The average molecular weight is 194 g/mol. The van der Waals surface area contributed by atoms with Crippen LogP contribution < -0.4 is 5.32 Å². The average Bonchev–Trinajstić information content (AvgIpc) is 2.21. The van der Waals surface area contributed by atoms with Crippen LogP contribution in [0.5, 0.6) is 0 Å². The Morgan fingerprint density at radius 1 is 1.50 bits per heavy atom. The Morgan fingerprint density at radius 2 is 2.14 bits per heavy atom. The van der Waals surface area contributed by atoms with Gasteiger partial charge in [0.25, 0.3) is 0 Å². The molecule has 0 bridgehead atoms. The van der Waals surface area contributed by atoms with Gasteiger partial charge in [-0.1, -0.05) is 26.2 Å². The number of nitrogens with zero attached hydrogens (tertiary/aromatic N) is 1. The van der Waals surface area contributed by atoms with Crippen molar-refractivity contribution in [1.29, 1.82) is 0 Å². The predicted molar refractivity (Wildman–Crippen MR) is 64.3 cm³/mol. The molecule has 0 heterocycles. The van der Waals surface area contributed by atoms with Crippen molar-refractivity contribution in [3.05, 3.63) is 36.6 Å². The molecule has 2 heteroatoms. The normalized spacial score (nSPS) is 11.2. The third-order valence-corrected chi connectivity index (χ3v) is 2.21. The van der Waals surface area contributed by atoms with Gasteiger partial charge in [-0.2, -0.15) is 0 Å². The van der Waals surface area contributed by atoms with Gasteiger partial charge in [0.05, 0.1) is 0 Å². The van der Waals surface area contributed by atoms with Crippen molar-refractivity contribution in [1.82, 2.24) is 10.2 Å². The molecule has 2 nitrogen and oxygen atoms in total.